The van der Waals surface area contributed by atoms with E-state index in [-0.39, 0.29) is 11.6 Å². The molecule has 0 aromatic carbocycles. The van der Waals surface area contributed by atoms with Gasteiger partial charge in [0.1, 0.15) is 5.54 Å². The molecule has 0 saturated carbocycles. The summed E-state index contributed by atoms with van der Waals surface area (Å²) in [5.41, 5.74) is -1.45. The molecule has 1 saturated heterocycles. The largest absolute Gasteiger partial charge is 0.417 e. The molecule has 0 radical (unpaired) electrons. The van der Waals surface area contributed by atoms with Crippen LogP contribution in [-0.2, 0) is 11.0 Å². The fraction of sp³-hybridized carbons (Fsp3) is 0.625. The van der Waals surface area contributed by atoms with Crippen molar-refractivity contribution in [2.24, 2.45) is 0 Å². The third-order valence-corrected chi connectivity index (χ3v) is 5.00. The number of hydrogen-bond acceptors (Lipinski definition) is 4. The van der Waals surface area contributed by atoms with Crippen molar-refractivity contribution in [3.8, 4) is 0 Å². The Bertz CT molecular complexity index is 676. The molecule has 1 aromatic heterocycles. The number of hydrogen-bond donors (Lipinski definition) is 0. The van der Waals surface area contributed by atoms with Crippen LogP contribution in [0, 0.1) is 0 Å². The van der Waals surface area contributed by atoms with Gasteiger partial charge in [-0.15, -0.1) is 0 Å². The maximum atomic E-state index is 13.0. The molecule has 1 fully saturated rings. The van der Waals surface area contributed by atoms with Gasteiger partial charge in [0.05, 0.1) is 11.3 Å². The highest BCUT2D eigenvalue weighted by molar-refractivity contribution is 6.07. The number of halogens is 3. The first kappa shape index (κ1) is 17.0. The predicted octanol–water partition coefficient (Wildman–Crippen LogP) is 2.37. The Morgan fingerprint density at radius 1 is 1.29 bits per heavy atom. The molecule has 0 spiro atoms. The lowest BCUT2D eigenvalue weighted by Gasteiger charge is -2.53. The van der Waals surface area contributed by atoms with Crippen LogP contribution in [0.4, 0.5) is 24.7 Å². The van der Waals surface area contributed by atoms with Crippen LogP contribution in [0.15, 0.2) is 12.3 Å². The van der Waals surface area contributed by atoms with Gasteiger partial charge >= 0.3 is 6.18 Å². The Hall–Kier alpha value is -1.83. The van der Waals surface area contributed by atoms with Crippen LogP contribution in [0.25, 0.3) is 0 Å². The van der Waals surface area contributed by atoms with E-state index in [1.807, 2.05) is 11.8 Å². The van der Waals surface area contributed by atoms with E-state index in [1.165, 1.54) is 11.9 Å². The number of alkyl halides is 3. The fourth-order valence-corrected chi connectivity index (χ4v) is 3.53. The van der Waals surface area contributed by atoms with E-state index in [4.69, 9.17) is 0 Å². The molecule has 3 heterocycles. The molecule has 24 heavy (non-hydrogen) atoms. The smallest absolute Gasteiger partial charge is 0.338 e. The molecule has 0 aliphatic carbocycles. The molecule has 2 aliphatic heterocycles. The van der Waals surface area contributed by atoms with Crippen LogP contribution in [0.3, 0.4) is 0 Å². The lowest BCUT2D eigenvalue weighted by Crippen LogP contribution is -2.70. The van der Waals surface area contributed by atoms with E-state index in [9.17, 15) is 18.0 Å². The highest BCUT2D eigenvalue weighted by atomic mass is 19.4. The van der Waals surface area contributed by atoms with Gasteiger partial charge in [0.25, 0.3) is 5.91 Å². The molecule has 1 atom stereocenters. The number of anilines is 2. The first-order chi connectivity index (χ1) is 11.1. The normalized spacial score (nSPS) is 25.1. The molecule has 8 heteroatoms. The third kappa shape index (κ3) is 2.44. The topological polar surface area (TPSA) is 39.7 Å². The Labute approximate surface area is 139 Å². The summed E-state index contributed by atoms with van der Waals surface area (Å²) in [5.74, 6) is 0.234. The van der Waals surface area contributed by atoms with E-state index < -0.39 is 17.3 Å². The van der Waals surface area contributed by atoms with Crippen molar-refractivity contribution in [3.05, 3.63) is 17.8 Å². The summed E-state index contributed by atoms with van der Waals surface area (Å²) in [6.07, 6.45) is -3.64. The van der Waals surface area contributed by atoms with Crippen molar-refractivity contribution in [2.75, 3.05) is 36.5 Å². The van der Waals surface area contributed by atoms with Crippen molar-refractivity contribution in [1.29, 1.82) is 0 Å². The van der Waals surface area contributed by atoms with Crippen LogP contribution < -0.4 is 9.80 Å². The van der Waals surface area contributed by atoms with E-state index in [1.54, 1.807) is 0 Å². The van der Waals surface area contributed by atoms with Crippen molar-refractivity contribution < 1.29 is 18.0 Å². The number of carbonyl (C=O) groups excluding carboxylic acids is 1. The third-order valence-electron chi connectivity index (χ3n) is 5.00. The minimum atomic E-state index is -4.48. The number of rotatable bonds is 1. The first-order valence-corrected chi connectivity index (χ1v) is 7.93. The summed E-state index contributed by atoms with van der Waals surface area (Å²) in [5, 5.41) is 0. The summed E-state index contributed by atoms with van der Waals surface area (Å²) >= 11 is 0. The number of fused-ring (bicyclic) bond motifs is 3. The van der Waals surface area contributed by atoms with Gasteiger partial charge in [-0.25, -0.2) is 4.98 Å². The predicted molar refractivity (Wildman–Crippen MR) is 85.1 cm³/mol. The second-order valence-electron chi connectivity index (χ2n) is 6.92. The summed E-state index contributed by atoms with van der Waals surface area (Å²) in [6.45, 7) is 7.79. The molecule has 0 unspecified atom stereocenters. The van der Waals surface area contributed by atoms with Crippen molar-refractivity contribution >= 4 is 17.4 Å². The summed E-state index contributed by atoms with van der Waals surface area (Å²) in [4.78, 5) is 22.3. The number of likely N-dealkylation sites (N-methyl/N-ethyl adjacent to an activating group) is 1. The van der Waals surface area contributed by atoms with Gasteiger partial charge in [0.15, 0.2) is 5.82 Å². The van der Waals surface area contributed by atoms with E-state index >= 15 is 0 Å². The minimum absolute atomic E-state index is 0.207. The molecule has 1 amide bonds. The standard InChI is InChI=1S/C16H21F3N4O/c1-10(2)22-5-6-23-13-12(7-11(8-20-13)16(17,18)19)21(4)14(24)15(23,3)9-22/h7-8,10H,5-6,9H2,1-4H3/t15-/m1/s1. The average molecular weight is 342 g/mol. The van der Waals surface area contributed by atoms with Crippen LogP contribution >= 0.6 is 0 Å². The summed E-state index contributed by atoms with van der Waals surface area (Å²) in [6, 6.07) is 1.30. The van der Waals surface area contributed by atoms with Gasteiger partial charge < -0.3 is 9.80 Å². The number of carbonyl (C=O) groups is 1. The molecule has 5 nitrogen and oxygen atoms in total. The Kier molecular flexibility index (Phi) is 3.78. The zero-order chi connectivity index (χ0) is 17.9. The number of piperazine rings is 1. The van der Waals surface area contributed by atoms with E-state index in [0.29, 0.717) is 24.9 Å². The Morgan fingerprint density at radius 3 is 2.54 bits per heavy atom. The molecule has 2 aliphatic rings. The van der Waals surface area contributed by atoms with Gasteiger partial charge in [0.2, 0.25) is 0 Å². The summed E-state index contributed by atoms with van der Waals surface area (Å²) in [7, 11) is 1.51. The van der Waals surface area contributed by atoms with Crippen LogP contribution in [0.2, 0.25) is 0 Å². The average Bonchev–Trinajstić information content (AvgIpc) is 2.51. The van der Waals surface area contributed by atoms with Crippen molar-refractivity contribution in [2.45, 2.75) is 38.5 Å². The monoisotopic (exact) mass is 342 g/mol. The fourth-order valence-electron chi connectivity index (χ4n) is 3.53. The Morgan fingerprint density at radius 2 is 1.96 bits per heavy atom. The molecule has 0 bridgehead atoms. The maximum absolute atomic E-state index is 13.0. The van der Waals surface area contributed by atoms with Crippen molar-refractivity contribution in [3.63, 3.8) is 0 Å². The highest BCUT2D eigenvalue weighted by Crippen LogP contribution is 2.42. The molecular formula is C16H21F3N4O. The number of amides is 1. The molecule has 1 aromatic rings. The van der Waals surface area contributed by atoms with Crippen LogP contribution in [-0.4, -0.2) is 54.1 Å². The van der Waals surface area contributed by atoms with Crippen LogP contribution in [0.1, 0.15) is 26.3 Å². The van der Waals surface area contributed by atoms with E-state index in [2.05, 4.69) is 23.7 Å². The number of aromatic nitrogens is 1. The zero-order valence-electron chi connectivity index (χ0n) is 14.2. The van der Waals surface area contributed by atoms with Gasteiger partial charge in [-0.05, 0) is 26.8 Å². The lowest BCUT2D eigenvalue weighted by atomic mass is 9.90. The zero-order valence-corrected chi connectivity index (χ0v) is 14.2. The molecule has 3 rings (SSSR count). The first-order valence-electron chi connectivity index (χ1n) is 7.93. The second-order valence-corrected chi connectivity index (χ2v) is 6.92. The molecule has 0 N–H and O–H groups in total. The van der Waals surface area contributed by atoms with E-state index in [0.717, 1.165) is 18.8 Å². The van der Waals surface area contributed by atoms with Gasteiger partial charge in [-0.1, -0.05) is 0 Å². The van der Waals surface area contributed by atoms with Crippen LogP contribution in [0.5, 0.6) is 0 Å². The Balaban J connectivity index is 2.07. The minimum Gasteiger partial charge on any atom is -0.338 e. The number of pyridine rings is 1. The number of nitrogens with zero attached hydrogens (tertiary/aromatic N) is 4. The second kappa shape index (κ2) is 5.34. The molecule has 132 valence electrons. The van der Waals surface area contributed by atoms with Gasteiger partial charge in [-0.2, -0.15) is 13.2 Å². The highest BCUT2D eigenvalue weighted by Gasteiger charge is 2.51. The van der Waals surface area contributed by atoms with Gasteiger partial charge in [0, 0.05) is 38.9 Å². The quantitative estimate of drug-likeness (QED) is 0.786. The van der Waals surface area contributed by atoms with Crippen molar-refractivity contribution in [1.82, 2.24) is 9.88 Å². The molecular weight excluding hydrogens is 321 g/mol. The maximum Gasteiger partial charge on any atom is 0.417 e. The summed E-state index contributed by atoms with van der Waals surface area (Å²) < 4.78 is 38.9. The van der Waals surface area contributed by atoms with Gasteiger partial charge in [-0.3, -0.25) is 9.69 Å². The lowest BCUT2D eigenvalue weighted by molar-refractivity contribution is -0.138. The SMILES string of the molecule is CC(C)N1CCN2c3ncc(C(F)(F)F)cc3N(C)C(=O)[C@@]2(C)C1.